The summed E-state index contributed by atoms with van der Waals surface area (Å²) in [6.07, 6.45) is 0. The van der Waals surface area contributed by atoms with Gasteiger partial charge in [0.2, 0.25) is 15.9 Å². The Balaban J connectivity index is 2.16. The molecule has 0 aliphatic carbocycles. The van der Waals surface area contributed by atoms with Crippen LogP contribution in [-0.2, 0) is 21.4 Å². The number of carbonyl (C=O) groups excluding carboxylic acids is 2. The minimum Gasteiger partial charge on any atom is -0.350 e. The number of sulfonamides is 1. The molecule has 2 amide bonds. The van der Waals surface area contributed by atoms with Crippen LogP contribution in [0.15, 0.2) is 53.4 Å². The summed E-state index contributed by atoms with van der Waals surface area (Å²) in [6, 6.07) is 12.2. The van der Waals surface area contributed by atoms with Gasteiger partial charge in [-0.2, -0.15) is 0 Å². The van der Waals surface area contributed by atoms with Gasteiger partial charge in [-0.1, -0.05) is 55.8 Å². The molecule has 30 heavy (non-hydrogen) atoms. The average molecular weight is 452 g/mol. The van der Waals surface area contributed by atoms with Crippen molar-refractivity contribution in [2.45, 2.75) is 31.3 Å². The van der Waals surface area contributed by atoms with Crippen LogP contribution in [0.2, 0.25) is 5.02 Å². The van der Waals surface area contributed by atoms with Crippen LogP contribution < -0.4 is 10.6 Å². The molecule has 2 N–H and O–H groups in total. The third kappa shape index (κ3) is 5.59. The summed E-state index contributed by atoms with van der Waals surface area (Å²) in [5.41, 5.74) is 0.736. The van der Waals surface area contributed by atoms with Crippen molar-refractivity contribution < 1.29 is 18.0 Å². The molecular formula is C21H26ClN3O4S. The molecule has 7 nitrogen and oxygen atoms in total. The van der Waals surface area contributed by atoms with E-state index in [0.29, 0.717) is 10.6 Å². The third-order valence-electron chi connectivity index (χ3n) is 4.54. The Morgan fingerprint density at radius 3 is 2.23 bits per heavy atom. The van der Waals surface area contributed by atoms with Crippen molar-refractivity contribution in [2.75, 3.05) is 14.1 Å². The Hall–Kier alpha value is -2.42. The highest BCUT2D eigenvalue weighted by molar-refractivity contribution is 7.89. The molecule has 162 valence electrons. The highest BCUT2D eigenvalue weighted by Crippen LogP contribution is 2.19. The van der Waals surface area contributed by atoms with Gasteiger partial charge < -0.3 is 10.6 Å². The minimum atomic E-state index is -3.65. The van der Waals surface area contributed by atoms with Crippen LogP contribution in [0.5, 0.6) is 0 Å². The minimum absolute atomic E-state index is 0.00720. The van der Waals surface area contributed by atoms with Crippen molar-refractivity contribution in [1.82, 2.24) is 14.9 Å². The second-order valence-electron chi connectivity index (χ2n) is 7.29. The largest absolute Gasteiger partial charge is 0.350 e. The van der Waals surface area contributed by atoms with E-state index in [0.717, 1.165) is 4.31 Å². The molecular weight excluding hydrogens is 426 g/mol. The predicted molar refractivity (Wildman–Crippen MR) is 117 cm³/mol. The second kappa shape index (κ2) is 10.1. The van der Waals surface area contributed by atoms with E-state index in [4.69, 9.17) is 11.6 Å². The van der Waals surface area contributed by atoms with Crippen LogP contribution in [0.4, 0.5) is 0 Å². The summed E-state index contributed by atoms with van der Waals surface area (Å²) in [7, 11) is -0.758. The Kier molecular flexibility index (Phi) is 8.00. The van der Waals surface area contributed by atoms with Crippen molar-refractivity contribution >= 4 is 33.4 Å². The number of nitrogens with one attached hydrogen (secondary N) is 2. The van der Waals surface area contributed by atoms with Gasteiger partial charge in [-0.05, 0) is 29.7 Å². The number of benzene rings is 2. The van der Waals surface area contributed by atoms with Gasteiger partial charge in [-0.15, -0.1) is 0 Å². The lowest BCUT2D eigenvalue weighted by Gasteiger charge is -2.22. The van der Waals surface area contributed by atoms with Gasteiger partial charge in [0.15, 0.2) is 0 Å². The van der Waals surface area contributed by atoms with Crippen LogP contribution in [0.25, 0.3) is 0 Å². The SMILES string of the molecule is CC(C)C(NC(=O)c1ccccc1Cl)C(=O)NCc1ccccc1S(=O)(=O)N(C)C. The molecule has 1 atom stereocenters. The quantitative estimate of drug-likeness (QED) is 0.645. The molecule has 9 heteroatoms. The fourth-order valence-electron chi connectivity index (χ4n) is 2.79. The van der Waals surface area contributed by atoms with E-state index >= 15 is 0 Å². The van der Waals surface area contributed by atoms with E-state index in [1.807, 2.05) is 13.8 Å². The zero-order chi connectivity index (χ0) is 22.5. The Bertz CT molecular complexity index is 1020. The fourth-order valence-corrected chi connectivity index (χ4v) is 4.13. The summed E-state index contributed by atoms with van der Waals surface area (Å²) < 4.78 is 26.2. The van der Waals surface area contributed by atoms with Crippen LogP contribution in [0, 0.1) is 5.92 Å². The van der Waals surface area contributed by atoms with Crippen molar-refractivity contribution in [3.05, 3.63) is 64.7 Å². The summed E-state index contributed by atoms with van der Waals surface area (Å²) in [6.45, 7) is 3.62. The number of rotatable bonds is 8. The fraction of sp³-hybridized carbons (Fsp3) is 0.333. The van der Waals surface area contributed by atoms with Gasteiger partial charge in [-0.3, -0.25) is 9.59 Å². The van der Waals surface area contributed by atoms with E-state index in [1.165, 1.54) is 20.2 Å². The van der Waals surface area contributed by atoms with Crippen LogP contribution in [0.3, 0.4) is 0 Å². The molecule has 0 saturated heterocycles. The Labute approximate surface area is 182 Å². The highest BCUT2D eigenvalue weighted by atomic mass is 35.5. The molecule has 0 aromatic heterocycles. The monoisotopic (exact) mass is 451 g/mol. The molecule has 0 saturated carbocycles. The Morgan fingerprint density at radius 2 is 1.63 bits per heavy atom. The maximum Gasteiger partial charge on any atom is 0.253 e. The maximum atomic E-state index is 12.8. The molecule has 0 heterocycles. The van der Waals surface area contributed by atoms with Gasteiger partial charge in [-0.25, -0.2) is 12.7 Å². The number of hydrogen-bond donors (Lipinski definition) is 2. The standard InChI is InChI=1S/C21H26ClN3O4S/c1-14(2)19(24-20(26)16-10-6-7-11-17(16)22)21(27)23-13-15-9-5-8-12-18(15)30(28,29)25(3)4/h5-12,14,19H,13H2,1-4H3,(H,23,27)(H,24,26). The van der Waals surface area contributed by atoms with Gasteiger partial charge in [0.25, 0.3) is 5.91 Å². The summed E-state index contributed by atoms with van der Waals surface area (Å²) in [5, 5.41) is 5.74. The van der Waals surface area contributed by atoms with E-state index in [-0.39, 0.29) is 22.9 Å². The molecule has 0 bridgehead atoms. The van der Waals surface area contributed by atoms with Crippen molar-refractivity contribution in [3.63, 3.8) is 0 Å². The van der Waals surface area contributed by atoms with Crippen LogP contribution in [-0.4, -0.2) is 44.7 Å². The number of amides is 2. The molecule has 1 unspecified atom stereocenters. The van der Waals surface area contributed by atoms with E-state index in [9.17, 15) is 18.0 Å². The van der Waals surface area contributed by atoms with Gasteiger partial charge in [0.1, 0.15) is 6.04 Å². The first-order valence-electron chi connectivity index (χ1n) is 9.39. The van der Waals surface area contributed by atoms with Crippen LogP contribution in [0.1, 0.15) is 29.8 Å². The van der Waals surface area contributed by atoms with E-state index in [1.54, 1.807) is 42.5 Å². The van der Waals surface area contributed by atoms with E-state index < -0.39 is 27.9 Å². The molecule has 2 rings (SSSR count). The smallest absolute Gasteiger partial charge is 0.253 e. The van der Waals surface area contributed by atoms with E-state index in [2.05, 4.69) is 10.6 Å². The maximum absolute atomic E-state index is 12.8. The van der Waals surface area contributed by atoms with Gasteiger partial charge in [0.05, 0.1) is 15.5 Å². The number of halogens is 1. The third-order valence-corrected chi connectivity index (χ3v) is 6.78. The number of nitrogens with zero attached hydrogens (tertiary/aromatic N) is 1. The average Bonchev–Trinajstić information content (AvgIpc) is 2.70. The summed E-state index contributed by atoms with van der Waals surface area (Å²) in [4.78, 5) is 25.5. The zero-order valence-corrected chi connectivity index (χ0v) is 18.9. The van der Waals surface area contributed by atoms with Crippen LogP contribution >= 0.6 is 11.6 Å². The first-order chi connectivity index (χ1) is 14.1. The molecule has 0 aliphatic rings. The van der Waals surface area contributed by atoms with Gasteiger partial charge in [0, 0.05) is 20.6 Å². The second-order valence-corrected chi connectivity index (χ2v) is 9.82. The Morgan fingerprint density at radius 1 is 1.03 bits per heavy atom. The molecule has 0 aliphatic heterocycles. The molecule has 2 aromatic rings. The lowest BCUT2D eigenvalue weighted by molar-refractivity contribution is -0.124. The number of carbonyl (C=O) groups is 2. The summed E-state index contributed by atoms with van der Waals surface area (Å²) >= 11 is 6.07. The number of hydrogen-bond acceptors (Lipinski definition) is 4. The zero-order valence-electron chi connectivity index (χ0n) is 17.3. The van der Waals surface area contributed by atoms with Gasteiger partial charge >= 0.3 is 0 Å². The molecule has 0 fully saturated rings. The first-order valence-corrected chi connectivity index (χ1v) is 11.2. The molecule has 0 spiro atoms. The molecule has 0 radical (unpaired) electrons. The lowest BCUT2D eigenvalue weighted by atomic mass is 10.0. The highest BCUT2D eigenvalue weighted by Gasteiger charge is 2.26. The lowest BCUT2D eigenvalue weighted by Crippen LogP contribution is -2.49. The van der Waals surface area contributed by atoms with Crippen molar-refractivity contribution in [3.8, 4) is 0 Å². The summed E-state index contributed by atoms with van der Waals surface area (Å²) in [5.74, 6) is -1.07. The normalized spacial score (nSPS) is 12.6. The topological polar surface area (TPSA) is 95.6 Å². The predicted octanol–water partition coefficient (Wildman–Crippen LogP) is 2.66. The first kappa shape index (κ1) is 23.9. The van der Waals surface area contributed by atoms with Crippen molar-refractivity contribution in [2.24, 2.45) is 5.92 Å². The van der Waals surface area contributed by atoms with Crippen molar-refractivity contribution in [1.29, 1.82) is 0 Å². The molecule has 2 aromatic carbocycles.